The van der Waals surface area contributed by atoms with E-state index in [0.717, 1.165) is 19.4 Å². The zero-order chi connectivity index (χ0) is 13.9. The molecule has 1 heterocycles. The fourth-order valence-corrected chi connectivity index (χ4v) is 2.24. The number of amides is 1. The number of carbonyl (C=O) groups is 1. The molecular formula is C16H23NO2. The lowest BCUT2D eigenvalue weighted by atomic mass is 9.87. The van der Waals surface area contributed by atoms with Gasteiger partial charge in [0.1, 0.15) is 0 Å². The number of hydrogen-bond acceptors (Lipinski definition) is 2. The molecule has 0 saturated carbocycles. The quantitative estimate of drug-likeness (QED) is 0.908. The van der Waals surface area contributed by atoms with Gasteiger partial charge in [-0.3, -0.25) is 4.79 Å². The van der Waals surface area contributed by atoms with E-state index >= 15 is 0 Å². The van der Waals surface area contributed by atoms with Crippen LogP contribution in [0.1, 0.15) is 49.5 Å². The van der Waals surface area contributed by atoms with Crippen LogP contribution in [0.25, 0.3) is 0 Å². The SMILES string of the molecule is CC(C)(C)c1ccc(C(=O)NC[C@H]2CCCO2)cc1. The summed E-state index contributed by atoms with van der Waals surface area (Å²) in [5, 5.41) is 2.94. The summed E-state index contributed by atoms with van der Waals surface area (Å²) in [6.07, 6.45) is 2.34. The summed E-state index contributed by atoms with van der Waals surface area (Å²) in [4.78, 5) is 12.0. The second kappa shape index (κ2) is 5.74. The highest BCUT2D eigenvalue weighted by Gasteiger charge is 2.17. The lowest BCUT2D eigenvalue weighted by Crippen LogP contribution is -2.31. The van der Waals surface area contributed by atoms with Gasteiger partial charge in [-0.2, -0.15) is 0 Å². The molecule has 104 valence electrons. The van der Waals surface area contributed by atoms with Gasteiger partial charge in [-0.1, -0.05) is 32.9 Å². The molecule has 1 aromatic carbocycles. The molecule has 1 amide bonds. The molecule has 3 heteroatoms. The van der Waals surface area contributed by atoms with Gasteiger partial charge >= 0.3 is 0 Å². The average Bonchev–Trinajstić information content (AvgIpc) is 2.88. The second-order valence-corrected chi connectivity index (χ2v) is 6.17. The number of nitrogens with one attached hydrogen (secondary N) is 1. The van der Waals surface area contributed by atoms with Gasteiger partial charge in [0.2, 0.25) is 0 Å². The molecule has 2 rings (SSSR count). The zero-order valence-corrected chi connectivity index (χ0v) is 12.0. The molecule has 0 aliphatic carbocycles. The van der Waals surface area contributed by atoms with E-state index in [1.165, 1.54) is 5.56 Å². The maximum atomic E-state index is 12.0. The minimum Gasteiger partial charge on any atom is -0.376 e. The molecule has 0 aromatic heterocycles. The third-order valence-corrected chi connectivity index (χ3v) is 3.53. The summed E-state index contributed by atoms with van der Waals surface area (Å²) in [7, 11) is 0. The van der Waals surface area contributed by atoms with Crippen LogP contribution in [-0.4, -0.2) is 25.2 Å². The Kier molecular flexibility index (Phi) is 4.25. The second-order valence-electron chi connectivity index (χ2n) is 6.17. The van der Waals surface area contributed by atoms with Gasteiger partial charge in [0, 0.05) is 18.7 Å². The number of hydrogen-bond donors (Lipinski definition) is 1. The lowest BCUT2D eigenvalue weighted by molar-refractivity contribution is 0.0857. The van der Waals surface area contributed by atoms with Crippen molar-refractivity contribution in [2.75, 3.05) is 13.2 Å². The first-order chi connectivity index (χ1) is 8.97. The molecule has 19 heavy (non-hydrogen) atoms. The van der Waals surface area contributed by atoms with Crippen LogP contribution in [0.5, 0.6) is 0 Å². The topological polar surface area (TPSA) is 38.3 Å². The highest BCUT2D eigenvalue weighted by atomic mass is 16.5. The summed E-state index contributed by atoms with van der Waals surface area (Å²) in [6.45, 7) is 7.93. The lowest BCUT2D eigenvalue weighted by Gasteiger charge is -2.19. The fourth-order valence-electron chi connectivity index (χ4n) is 2.24. The predicted molar refractivity (Wildman–Crippen MR) is 76.4 cm³/mol. The van der Waals surface area contributed by atoms with Gasteiger partial charge in [-0.15, -0.1) is 0 Å². The van der Waals surface area contributed by atoms with Crippen LogP contribution in [0.3, 0.4) is 0 Å². The number of rotatable bonds is 3. The van der Waals surface area contributed by atoms with Crippen LogP contribution in [0.4, 0.5) is 0 Å². The summed E-state index contributed by atoms with van der Waals surface area (Å²) in [6, 6.07) is 7.85. The van der Waals surface area contributed by atoms with E-state index in [2.05, 4.69) is 26.1 Å². The van der Waals surface area contributed by atoms with Crippen molar-refractivity contribution in [3.8, 4) is 0 Å². The van der Waals surface area contributed by atoms with Crippen LogP contribution in [-0.2, 0) is 10.2 Å². The molecule has 1 saturated heterocycles. The van der Waals surface area contributed by atoms with Gasteiger partial charge in [0.05, 0.1) is 6.10 Å². The Hall–Kier alpha value is -1.35. The van der Waals surface area contributed by atoms with E-state index in [1.54, 1.807) is 0 Å². The van der Waals surface area contributed by atoms with Crippen LogP contribution in [0.2, 0.25) is 0 Å². The minimum atomic E-state index is -0.0176. The molecule has 0 unspecified atom stereocenters. The Morgan fingerprint density at radius 2 is 2.00 bits per heavy atom. The summed E-state index contributed by atoms with van der Waals surface area (Å²) in [5.74, 6) is -0.0176. The molecule has 1 aliphatic heterocycles. The van der Waals surface area contributed by atoms with Crippen molar-refractivity contribution in [3.05, 3.63) is 35.4 Å². The summed E-state index contributed by atoms with van der Waals surface area (Å²) in [5.41, 5.74) is 2.07. The van der Waals surface area contributed by atoms with Crippen molar-refractivity contribution in [2.24, 2.45) is 0 Å². The van der Waals surface area contributed by atoms with E-state index in [1.807, 2.05) is 24.3 Å². The molecule has 0 spiro atoms. The molecule has 1 atom stereocenters. The van der Waals surface area contributed by atoms with Gasteiger partial charge in [-0.05, 0) is 36.0 Å². The Morgan fingerprint density at radius 3 is 2.53 bits per heavy atom. The Morgan fingerprint density at radius 1 is 1.32 bits per heavy atom. The molecule has 3 nitrogen and oxygen atoms in total. The van der Waals surface area contributed by atoms with E-state index in [9.17, 15) is 4.79 Å². The smallest absolute Gasteiger partial charge is 0.251 e. The van der Waals surface area contributed by atoms with Gasteiger partial charge in [-0.25, -0.2) is 0 Å². The van der Waals surface area contributed by atoms with E-state index < -0.39 is 0 Å². The first-order valence-electron chi connectivity index (χ1n) is 6.97. The van der Waals surface area contributed by atoms with Crippen molar-refractivity contribution in [3.63, 3.8) is 0 Å². The van der Waals surface area contributed by atoms with Gasteiger partial charge in [0.15, 0.2) is 0 Å². The number of carbonyl (C=O) groups excluding carboxylic acids is 1. The first kappa shape index (κ1) is 14.1. The van der Waals surface area contributed by atoms with Gasteiger partial charge < -0.3 is 10.1 Å². The van der Waals surface area contributed by atoms with Crippen LogP contribution >= 0.6 is 0 Å². The zero-order valence-electron chi connectivity index (χ0n) is 12.0. The van der Waals surface area contributed by atoms with E-state index in [4.69, 9.17) is 4.74 Å². The maximum absolute atomic E-state index is 12.0. The number of benzene rings is 1. The van der Waals surface area contributed by atoms with Crippen molar-refractivity contribution < 1.29 is 9.53 Å². The molecule has 1 aliphatic rings. The van der Waals surface area contributed by atoms with Crippen molar-refractivity contribution in [1.82, 2.24) is 5.32 Å². The molecule has 1 fully saturated rings. The largest absolute Gasteiger partial charge is 0.376 e. The third-order valence-electron chi connectivity index (χ3n) is 3.53. The summed E-state index contributed by atoms with van der Waals surface area (Å²) >= 11 is 0. The molecule has 1 aromatic rings. The third kappa shape index (κ3) is 3.80. The van der Waals surface area contributed by atoms with Crippen LogP contribution in [0, 0.1) is 0 Å². The molecule has 1 N–H and O–H groups in total. The van der Waals surface area contributed by atoms with Crippen molar-refractivity contribution >= 4 is 5.91 Å². The highest BCUT2D eigenvalue weighted by Crippen LogP contribution is 2.22. The molecule has 0 bridgehead atoms. The van der Waals surface area contributed by atoms with E-state index in [0.29, 0.717) is 12.1 Å². The fraction of sp³-hybridized carbons (Fsp3) is 0.562. The molecular weight excluding hydrogens is 238 g/mol. The van der Waals surface area contributed by atoms with E-state index in [-0.39, 0.29) is 17.4 Å². The maximum Gasteiger partial charge on any atom is 0.251 e. The van der Waals surface area contributed by atoms with Gasteiger partial charge in [0.25, 0.3) is 5.91 Å². The van der Waals surface area contributed by atoms with Crippen LogP contribution < -0.4 is 5.32 Å². The van der Waals surface area contributed by atoms with Crippen LogP contribution in [0.15, 0.2) is 24.3 Å². The van der Waals surface area contributed by atoms with Crippen molar-refractivity contribution in [1.29, 1.82) is 0 Å². The first-order valence-corrected chi connectivity index (χ1v) is 6.97. The Balaban J connectivity index is 1.92. The molecule has 0 radical (unpaired) electrons. The Bertz CT molecular complexity index is 425. The number of ether oxygens (including phenoxy) is 1. The Labute approximate surface area is 115 Å². The monoisotopic (exact) mass is 261 g/mol. The highest BCUT2D eigenvalue weighted by molar-refractivity contribution is 5.94. The average molecular weight is 261 g/mol. The predicted octanol–water partition coefficient (Wildman–Crippen LogP) is 2.89. The normalized spacial score (nSPS) is 19.4. The van der Waals surface area contributed by atoms with Crippen molar-refractivity contribution in [2.45, 2.75) is 45.1 Å². The standard InChI is InChI=1S/C16H23NO2/c1-16(2,3)13-8-6-12(7-9-13)15(18)17-11-14-5-4-10-19-14/h6-9,14H,4-5,10-11H2,1-3H3,(H,17,18)/t14-/m1/s1. The minimum absolute atomic E-state index is 0.0176. The summed E-state index contributed by atoms with van der Waals surface area (Å²) < 4.78 is 5.49.